The Labute approximate surface area is 195 Å². The molecule has 0 aliphatic carbocycles. The van der Waals surface area contributed by atoms with E-state index in [4.69, 9.17) is 0 Å². The van der Waals surface area contributed by atoms with Gasteiger partial charge in [0.15, 0.2) is 5.96 Å². The Kier molecular flexibility index (Phi) is 10.2. The molecule has 0 atom stereocenters. The number of aliphatic imine (C=N–C) groups is 1. The normalized spacial score (nSPS) is 11.0. The van der Waals surface area contributed by atoms with Gasteiger partial charge in [0.25, 0.3) is 5.91 Å². The van der Waals surface area contributed by atoms with Crippen LogP contribution in [0.1, 0.15) is 23.2 Å². The summed E-state index contributed by atoms with van der Waals surface area (Å²) in [6.45, 7) is 3.18. The number of hydrogen-bond donors (Lipinski definition) is 3. The number of benzene rings is 2. The molecule has 3 aromatic rings. The van der Waals surface area contributed by atoms with Gasteiger partial charge in [0.05, 0.1) is 0 Å². The van der Waals surface area contributed by atoms with E-state index in [1.807, 2.05) is 30.3 Å². The molecule has 2 aromatic carbocycles. The van der Waals surface area contributed by atoms with E-state index in [0.717, 1.165) is 38.4 Å². The van der Waals surface area contributed by atoms with Crippen LogP contribution in [0.3, 0.4) is 0 Å². The number of halogens is 1. The van der Waals surface area contributed by atoms with E-state index in [0.29, 0.717) is 12.1 Å². The summed E-state index contributed by atoms with van der Waals surface area (Å²) in [5.41, 5.74) is 1.96. The highest BCUT2D eigenvalue weighted by molar-refractivity contribution is 14.0. The molecule has 1 amide bonds. The number of carbonyl (C=O) groups is 1. The van der Waals surface area contributed by atoms with E-state index < -0.39 is 0 Å². The van der Waals surface area contributed by atoms with Gasteiger partial charge < -0.3 is 20.5 Å². The minimum atomic E-state index is -0.0364. The lowest BCUT2D eigenvalue weighted by atomic mass is 10.2. The first-order valence-corrected chi connectivity index (χ1v) is 10.1. The minimum Gasteiger partial charge on any atom is -0.356 e. The maximum absolute atomic E-state index is 12.0. The van der Waals surface area contributed by atoms with Gasteiger partial charge in [-0.1, -0.05) is 36.4 Å². The Bertz CT molecular complexity index is 939. The lowest BCUT2D eigenvalue weighted by Crippen LogP contribution is -2.39. The van der Waals surface area contributed by atoms with Gasteiger partial charge in [-0.15, -0.1) is 24.0 Å². The van der Waals surface area contributed by atoms with E-state index in [-0.39, 0.29) is 29.9 Å². The van der Waals surface area contributed by atoms with Crippen molar-refractivity contribution in [3.05, 3.63) is 72.4 Å². The third-order valence-corrected chi connectivity index (χ3v) is 4.74. The van der Waals surface area contributed by atoms with Crippen molar-refractivity contribution in [3.63, 3.8) is 0 Å². The average Bonchev–Trinajstić information content (AvgIpc) is 3.18. The molecule has 1 heterocycles. The third kappa shape index (κ3) is 7.05. The molecule has 0 fully saturated rings. The number of rotatable bonds is 9. The summed E-state index contributed by atoms with van der Waals surface area (Å²) in [4.78, 5) is 16.2. The molecule has 0 saturated heterocycles. The smallest absolute Gasteiger partial charge is 0.251 e. The van der Waals surface area contributed by atoms with Crippen LogP contribution in [0.25, 0.3) is 10.9 Å². The maximum atomic E-state index is 12.0. The maximum Gasteiger partial charge on any atom is 0.251 e. The molecule has 3 rings (SSSR count). The predicted octanol–water partition coefficient (Wildman–Crippen LogP) is 3.63. The molecule has 30 heavy (non-hydrogen) atoms. The van der Waals surface area contributed by atoms with Crippen molar-refractivity contribution in [2.45, 2.75) is 19.4 Å². The van der Waals surface area contributed by atoms with Crippen molar-refractivity contribution < 1.29 is 4.79 Å². The van der Waals surface area contributed by atoms with Gasteiger partial charge >= 0.3 is 0 Å². The number of amides is 1. The summed E-state index contributed by atoms with van der Waals surface area (Å²) < 4.78 is 2.28. The summed E-state index contributed by atoms with van der Waals surface area (Å²) in [5.74, 6) is 0.752. The first-order chi connectivity index (χ1) is 14.3. The number of guanidine groups is 1. The Morgan fingerprint density at radius 1 is 0.867 bits per heavy atom. The number of nitrogens with one attached hydrogen (secondary N) is 3. The lowest BCUT2D eigenvalue weighted by molar-refractivity contribution is 0.0953. The van der Waals surface area contributed by atoms with Crippen LogP contribution in [0.2, 0.25) is 0 Å². The van der Waals surface area contributed by atoms with Gasteiger partial charge in [0, 0.05) is 50.5 Å². The minimum absolute atomic E-state index is 0. The van der Waals surface area contributed by atoms with Crippen molar-refractivity contribution >= 4 is 46.7 Å². The molecule has 0 saturated carbocycles. The van der Waals surface area contributed by atoms with E-state index in [1.165, 1.54) is 10.9 Å². The molecule has 160 valence electrons. The summed E-state index contributed by atoms with van der Waals surface area (Å²) in [5, 5.41) is 10.8. The molecule has 7 heteroatoms. The van der Waals surface area contributed by atoms with E-state index in [9.17, 15) is 4.79 Å². The number of hydrogen-bond acceptors (Lipinski definition) is 2. The molecule has 0 bridgehead atoms. The van der Waals surface area contributed by atoms with Crippen LogP contribution in [0.5, 0.6) is 0 Å². The van der Waals surface area contributed by atoms with Crippen molar-refractivity contribution in [3.8, 4) is 0 Å². The first-order valence-electron chi connectivity index (χ1n) is 10.1. The summed E-state index contributed by atoms with van der Waals surface area (Å²) in [6.07, 6.45) is 3.97. The van der Waals surface area contributed by atoms with Crippen molar-refractivity contribution in [1.82, 2.24) is 20.5 Å². The molecule has 0 aliphatic heterocycles. The Morgan fingerprint density at radius 2 is 1.53 bits per heavy atom. The van der Waals surface area contributed by atoms with Crippen LogP contribution in [0.4, 0.5) is 0 Å². The predicted molar refractivity (Wildman–Crippen MR) is 135 cm³/mol. The van der Waals surface area contributed by atoms with Crippen LogP contribution < -0.4 is 16.0 Å². The lowest BCUT2D eigenvalue weighted by Gasteiger charge is -2.12. The van der Waals surface area contributed by atoms with Crippen LogP contribution in [-0.4, -0.2) is 43.1 Å². The van der Waals surface area contributed by atoms with Gasteiger partial charge in [-0.2, -0.15) is 0 Å². The fraction of sp³-hybridized carbons (Fsp3) is 0.304. The molecule has 6 nitrogen and oxygen atoms in total. The highest BCUT2D eigenvalue weighted by Crippen LogP contribution is 2.15. The molecule has 0 aliphatic rings. The fourth-order valence-electron chi connectivity index (χ4n) is 3.20. The number of fused-ring (bicyclic) bond motifs is 1. The zero-order valence-corrected chi connectivity index (χ0v) is 19.6. The third-order valence-electron chi connectivity index (χ3n) is 4.74. The quantitative estimate of drug-likeness (QED) is 0.175. The summed E-state index contributed by atoms with van der Waals surface area (Å²) in [6, 6.07) is 19.8. The average molecular weight is 519 g/mol. The van der Waals surface area contributed by atoms with Crippen LogP contribution in [0, 0.1) is 0 Å². The number of carbonyl (C=O) groups excluding carboxylic acids is 1. The molecule has 3 N–H and O–H groups in total. The van der Waals surface area contributed by atoms with Gasteiger partial charge in [-0.25, -0.2) is 0 Å². The van der Waals surface area contributed by atoms with Crippen LogP contribution in [0.15, 0.2) is 71.9 Å². The van der Waals surface area contributed by atoms with E-state index in [1.54, 1.807) is 7.05 Å². The number of para-hydroxylation sites is 1. The van der Waals surface area contributed by atoms with Gasteiger partial charge in [-0.3, -0.25) is 9.79 Å². The first kappa shape index (κ1) is 23.7. The standard InChI is InChI=1S/C23H29N5O.HI/c1-24-23(26-15-7-14-25-22(29)20-10-3-2-4-11-20)27-16-8-17-28-18-13-19-9-5-6-12-21(19)28;/h2-6,9-13,18H,7-8,14-17H2,1H3,(H,25,29)(H2,24,26,27);1H. The summed E-state index contributed by atoms with van der Waals surface area (Å²) in [7, 11) is 1.77. The largest absolute Gasteiger partial charge is 0.356 e. The zero-order chi connectivity index (χ0) is 20.3. The van der Waals surface area contributed by atoms with Crippen LogP contribution in [-0.2, 0) is 6.54 Å². The van der Waals surface area contributed by atoms with Crippen molar-refractivity contribution in [2.75, 3.05) is 26.7 Å². The molecule has 1 aromatic heterocycles. The SMILES string of the molecule is CN=C(NCCCNC(=O)c1ccccc1)NCCCn1ccc2ccccc21.I. The molecular weight excluding hydrogens is 489 g/mol. The highest BCUT2D eigenvalue weighted by atomic mass is 127. The molecule has 0 unspecified atom stereocenters. The fourth-order valence-corrected chi connectivity index (χ4v) is 3.20. The van der Waals surface area contributed by atoms with Crippen LogP contribution >= 0.6 is 24.0 Å². The zero-order valence-electron chi connectivity index (χ0n) is 17.3. The van der Waals surface area contributed by atoms with Gasteiger partial charge in [-0.05, 0) is 42.5 Å². The van der Waals surface area contributed by atoms with E-state index in [2.05, 4.69) is 62.0 Å². The Balaban J connectivity index is 0.00000320. The highest BCUT2D eigenvalue weighted by Gasteiger charge is 2.03. The number of aromatic nitrogens is 1. The van der Waals surface area contributed by atoms with Crippen molar-refractivity contribution in [2.24, 2.45) is 4.99 Å². The topological polar surface area (TPSA) is 70.4 Å². The number of nitrogens with zero attached hydrogens (tertiary/aromatic N) is 2. The second kappa shape index (κ2) is 12.9. The molecule has 0 spiro atoms. The second-order valence-corrected chi connectivity index (χ2v) is 6.82. The van der Waals surface area contributed by atoms with E-state index >= 15 is 0 Å². The Morgan fingerprint density at radius 3 is 2.30 bits per heavy atom. The summed E-state index contributed by atoms with van der Waals surface area (Å²) >= 11 is 0. The molecule has 0 radical (unpaired) electrons. The monoisotopic (exact) mass is 519 g/mol. The van der Waals surface area contributed by atoms with Gasteiger partial charge in [0.1, 0.15) is 0 Å². The van der Waals surface area contributed by atoms with Gasteiger partial charge in [0.2, 0.25) is 0 Å². The number of aryl methyl sites for hydroxylation is 1. The van der Waals surface area contributed by atoms with Crippen molar-refractivity contribution in [1.29, 1.82) is 0 Å². The molecular formula is C23H30IN5O. The Hall–Kier alpha value is -2.55. The second-order valence-electron chi connectivity index (χ2n) is 6.82.